The molecule has 0 heterocycles. The number of carbonyl (C=O) groups is 1. The van der Waals surface area contributed by atoms with Gasteiger partial charge >= 0.3 is 0 Å². The average molecular weight is 295 g/mol. The molecule has 116 valence electrons. The van der Waals surface area contributed by atoms with Crippen molar-refractivity contribution >= 4 is 11.6 Å². The van der Waals surface area contributed by atoms with Crippen molar-refractivity contribution in [2.45, 2.75) is 46.5 Å². The van der Waals surface area contributed by atoms with Crippen molar-refractivity contribution in [2.75, 3.05) is 5.32 Å². The van der Waals surface area contributed by atoms with Gasteiger partial charge in [-0.3, -0.25) is 4.79 Å². The third-order valence-corrected chi connectivity index (χ3v) is 3.91. The van der Waals surface area contributed by atoms with Crippen LogP contribution in [0.4, 0.5) is 5.69 Å². The second-order valence-electron chi connectivity index (χ2n) is 5.96. The molecule has 0 aromatic heterocycles. The quantitative estimate of drug-likeness (QED) is 0.812. The van der Waals surface area contributed by atoms with Crippen LogP contribution in [0.25, 0.3) is 0 Å². The normalized spacial score (nSPS) is 10.5. The van der Waals surface area contributed by atoms with Crippen molar-refractivity contribution in [1.29, 1.82) is 0 Å². The summed E-state index contributed by atoms with van der Waals surface area (Å²) in [6.07, 6.45) is 3.93. The van der Waals surface area contributed by atoms with Crippen LogP contribution < -0.4 is 5.32 Å². The van der Waals surface area contributed by atoms with Gasteiger partial charge in [0.2, 0.25) is 5.91 Å². The number of benzene rings is 2. The molecule has 1 amide bonds. The fraction of sp³-hybridized carbons (Fsp3) is 0.350. The molecule has 0 bridgehead atoms. The molecule has 2 heteroatoms. The number of carbonyl (C=O) groups excluding carboxylic acids is 1. The zero-order chi connectivity index (χ0) is 15.9. The third kappa shape index (κ3) is 4.73. The maximum absolute atomic E-state index is 12.2. The standard InChI is InChI=1S/C20H25NO/c1-4-5-6-17-8-11-19(12-9-17)21-20(22)14-18-10-7-15(2)13-16(18)3/h7-13H,4-6,14H2,1-3H3,(H,21,22). The van der Waals surface area contributed by atoms with Crippen molar-refractivity contribution in [3.05, 3.63) is 64.7 Å². The lowest BCUT2D eigenvalue weighted by Gasteiger charge is -2.09. The number of unbranched alkanes of at least 4 members (excludes halogenated alkanes) is 1. The van der Waals surface area contributed by atoms with Crippen LogP contribution in [0.5, 0.6) is 0 Å². The van der Waals surface area contributed by atoms with Crippen molar-refractivity contribution < 1.29 is 4.79 Å². The summed E-state index contributed by atoms with van der Waals surface area (Å²) in [5.74, 6) is 0.0354. The fourth-order valence-electron chi connectivity index (χ4n) is 2.56. The monoisotopic (exact) mass is 295 g/mol. The lowest BCUT2D eigenvalue weighted by molar-refractivity contribution is -0.115. The first-order valence-corrected chi connectivity index (χ1v) is 8.03. The van der Waals surface area contributed by atoms with Gasteiger partial charge in [0.1, 0.15) is 0 Å². The molecule has 2 aromatic carbocycles. The molecule has 2 nitrogen and oxygen atoms in total. The van der Waals surface area contributed by atoms with E-state index in [-0.39, 0.29) is 5.91 Å². The molecular formula is C20H25NO. The molecule has 0 aliphatic carbocycles. The topological polar surface area (TPSA) is 29.1 Å². The van der Waals surface area contributed by atoms with Gasteiger partial charge < -0.3 is 5.32 Å². The summed E-state index contributed by atoms with van der Waals surface area (Å²) in [4.78, 5) is 12.2. The largest absolute Gasteiger partial charge is 0.326 e. The maximum atomic E-state index is 12.2. The number of hydrogen-bond acceptors (Lipinski definition) is 1. The van der Waals surface area contributed by atoms with Crippen LogP contribution in [0, 0.1) is 13.8 Å². The van der Waals surface area contributed by atoms with Gasteiger partial charge in [0.25, 0.3) is 0 Å². The number of amides is 1. The second-order valence-corrected chi connectivity index (χ2v) is 5.96. The van der Waals surface area contributed by atoms with Gasteiger partial charge in [-0.15, -0.1) is 0 Å². The molecular weight excluding hydrogens is 270 g/mol. The molecule has 0 saturated heterocycles. The fourth-order valence-corrected chi connectivity index (χ4v) is 2.56. The number of hydrogen-bond donors (Lipinski definition) is 1. The highest BCUT2D eigenvalue weighted by Gasteiger charge is 2.06. The van der Waals surface area contributed by atoms with E-state index in [1.54, 1.807) is 0 Å². The van der Waals surface area contributed by atoms with E-state index in [9.17, 15) is 4.79 Å². The summed E-state index contributed by atoms with van der Waals surface area (Å²) in [7, 11) is 0. The van der Waals surface area contributed by atoms with Crippen molar-refractivity contribution in [1.82, 2.24) is 0 Å². The van der Waals surface area contributed by atoms with Gasteiger partial charge in [0, 0.05) is 5.69 Å². The van der Waals surface area contributed by atoms with Gasteiger partial charge in [-0.05, 0) is 55.5 Å². The lowest BCUT2D eigenvalue weighted by Crippen LogP contribution is -2.15. The van der Waals surface area contributed by atoms with Gasteiger partial charge in [-0.1, -0.05) is 49.2 Å². The van der Waals surface area contributed by atoms with Crippen LogP contribution in [-0.2, 0) is 17.6 Å². The number of rotatable bonds is 6. The van der Waals surface area contributed by atoms with Crippen molar-refractivity contribution in [2.24, 2.45) is 0 Å². The van der Waals surface area contributed by atoms with E-state index >= 15 is 0 Å². The smallest absolute Gasteiger partial charge is 0.228 e. The van der Waals surface area contributed by atoms with Crippen LogP contribution in [-0.4, -0.2) is 5.91 Å². The minimum absolute atomic E-state index is 0.0354. The summed E-state index contributed by atoms with van der Waals surface area (Å²) in [5.41, 5.74) is 5.68. The maximum Gasteiger partial charge on any atom is 0.228 e. The highest BCUT2D eigenvalue weighted by Crippen LogP contribution is 2.14. The van der Waals surface area contributed by atoms with Crippen LogP contribution >= 0.6 is 0 Å². The first kappa shape index (κ1) is 16.3. The molecule has 0 atom stereocenters. The summed E-state index contributed by atoms with van der Waals surface area (Å²) >= 11 is 0. The van der Waals surface area contributed by atoms with Crippen LogP contribution in [0.15, 0.2) is 42.5 Å². The Morgan fingerprint density at radius 1 is 1.05 bits per heavy atom. The predicted octanol–water partition coefficient (Wildman–Crippen LogP) is 4.83. The van der Waals surface area contributed by atoms with E-state index in [4.69, 9.17) is 0 Å². The first-order chi connectivity index (χ1) is 10.6. The molecule has 0 fully saturated rings. The van der Waals surface area contributed by atoms with E-state index in [0.29, 0.717) is 6.42 Å². The Balaban J connectivity index is 1.94. The van der Waals surface area contributed by atoms with E-state index in [2.05, 4.69) is 50.4 Å². The first-order valence-electron chi connectivity index (χ1n) is 8.03. The summed E-state index contributed by atoms with van der Waals surface area (Å²) < 4.78 is 0. The van der Waals surface area contributed by atoms with Crippen LogP contribution in [0.1, 0.15) is 42.0 Å². The summed E-state index contributed by atoms with van der Waals surface area (Å²) in [5, 5.41) is 2.98. The Labute approximate surface area is 133 Å². The Hall–Kier alpha value is -2.09. The summed E-state index contributed by atoms with van der Waals surface area (Å²) in [6.45, 7) is 6.32. The molecule has 0 unspecified atom stereocenters. The molecule has 0 aliphatic heterocycles. The minimum atomic E-state index is 0.0354. The van der Waals surface area contributed by atoms with Crippen LogP contribution in [0.3, 0.4) is 0 Å². The Bertz CT molecular complexity index is 629. The Morgan fingerprint density at radius 3 is 2.41 bits per heavy atom. The molecule has 1 N–H and O–H groups in total. The van der Waals surface area contributed by atoms with E-state index in [1.807, 2.05) is 18.2 Å². The van der Waals surface area contributed by atoms with Crippen molar-refractivity contribution in [3.63, 3.8) is 0 Å². The Kier molecular flexibility index (Phi) is 5.76. The number of aryl methyl sites for hydroxylation is 3. The van der Waals surface area contributed by atoms with Crippen LogP contribution in [0.2, 0.25) is 0 Å². The van der Waals surface area contributed by atoms with Gasteiger partial charge in [-0.25, -0.2) is 0 Å². The third-order valence-electron chi connectivity index (χ3n) is 3.91. The van der Waals surface area contributed by atoms with E-state index in [0.717, 1.165) is 17.7 Å². The zero-order valence-corrected chi connectivity index (χ0v) is 13.8. The molecule has 0 saturated carbocycles. The van der Waals surface area contributed by atoms with Gasteiger partial charge in [-0.2, -0.15) is 0 Å². The molecule has 22 heavy (non-hydrogen) atoms. The average Bonchev–Trinajstić information content (AvgIpc) is 2.49. The summed E-state index contributed by atoms with van der Waals surface area (Å²) in [6, 6.07) is 14.4. The van der Waals surface area contributed by atoms with E-state index < -0.39 is 0 Å². The number of anilines is 1. The highest BCUT2D eigenvalue weighted by molar-refractivity contribution is 5.92. The zero-order valence-electron chi connectivity index (χ0n) is 13.8. The molecule has 0 aliphatic rings. The highest BCUT2D eigenvalue weighted by atomic mass is 16.1. The SMILES string of the molecule is CCCCc1ccc(NC(=O)Cc2ccc(C)cc2C)cc1. The Morgan fingerprint density at radius 2 is 1.77 bits per heavy atom. The molecule has 0 radical (unpaired) electrons. The van der Waals surface area contributed by atoms with E-state index in [1.165, 1.54) is 29.5 Å². The van der Waals surface area contributed by atoms with Crippen molar-refractivity contribution in [3.8, 4) is 0 Å². The van der Waals surface area contributed by atoms with Gasteiger partial charge in [0.05, 0.1) is 6.42 Å². The molecule has 2 rings (SSSR count). The van der Waals surface area contributed by atoms with Gasteiger partial charge in [0.15, 0.2) is 0 Å². The minimum Gasteiger partial charge on any atom is -0.326 e. The predicted molar refractivity (Wildman–Crippen MR) is 93.3 cm³/mol. The second kappa shape index (κ2) is 7.79. The lowest BCUT2D eigenvalue weighted by atomic mass is 10.0. The molecule has 2 aromatic rings. The number of nitrogens with one attached hydrogen (secondary N) is 1. The molecule has 0 spiro atoms.